The van der Waals surface area contributed by atoms with Crippen LogP contribution in [0.5, 0.6) is 0 Å². The van der Waals surface area contributed by atoms with E-state index in [-0.39, 0.29) is 0 Å². The second-order valence-electron chi connectivity index (χ2n) is 11.7. The van der Waals surface area contributed by atoms with E-state index in [0.717, 1.165) is 21.9 Å². The van der Waals surface area contributed by atoms with E-state index in [2.05, 4.69) is 158 Å². The molecule has 0 fully saturated rings. The van der Waals surface area contributed by atoms with Gasteiger partial charge in [0, 0.05) is 42.4 Å². The van der Waals surface area contributed by atoms with Gasteiger partial charge in [0.1, 0.15) is 11.2 Å². The smallest absolute Gasteiger partial charge is 0.135 e. The first kappa shape index (κ1) is 26.7. The Bertz CT molecular complexity index is 2520. The van der Waals surface area contributed by atoms with Crippen molar-refractivity contribution in [2.24, 2.45) is 0 Å². The van der Waals surface area contributed by atoms with Crippen molar-refractivity contribution < 1.29 is 4.42 Å². The first-order chi connectivity index (χ1) is 22.8. The number of hydrogen-bond acceptors (Lipinski definition) is 2. The SMILES string of the molecule is c1ccc(-c2ccccc2-c2sc(-c3ccc(-c4ccc5oc6ccccc6c5c4)cc3-c3ccccc3)c3ccccc23)cc1. The molecular weight excluding hydrogens is 577 g/mol. The molecule has 0 aliphatic rings. The number of hydrogen-bond donors (Lipinski definition) is 0. The van der Waals surface area contributed by atoms with E-state index in [1.807, 2.05) is 23.5 Å². The third-order valence-electron chi connectivity index (χ3n) is 8.94. The lowest BCUT2D eigenvalue weighted by Gasteiger charge is -2.13. The molecule has 1 nitrogen and oxygen atoms in total. The van der Waals surface area contributed by atoms with Crippen LogP contribution in [0.1, 0.15) is 0 Å². The average molecular weight is 605 g/mol. The van der Waals surface area contributed by atoms with Gasteiger partial charge in [0.25, 0.3) is 0 Å². The monoisotopic (exact) mass is 604 g/mol. The fourth-order valence-corrected chi connectivity index (χ4v) is 8.08. The Morgan fingerprint density at radius 3 is 1.52 bits per heavy atom. The lowest BCUT2D eigenvalue weighted by Crippen LogP contribution is -1.87. The second kappa shape index (κ2) is 11.0. The van der Waals surface area contributed by atoms with Crippen LogP contribution in [-0.2, 0) is 0 Å². The van der Waals surface area contributed by atoms with Crippen LogP contribution in [0.4, 0.5) is 0 Å². The Kier molecular flexibility index (Phi) is 6.40. The van der Waals surface area contributed by atoms with Crippen LogP contribution in [0, 0.1) is 0 Å². The summed E-state index contributed by atoms with van der Waals surface area (Å²) in [6, 6.07) is 60.9. The van der Waals surface area contributed by atoms with Gasteiger partial charge in [0.2, 0.25) is 0 Å². The van der Waals surface area contributed by atoms with Crippen LogP contribution in [0.2, 0.25) is 0 Å². The highest BCUT2D eigenvalue weighted by atomic mass is 32.1. The minimum absolute atomic E-state index is 0.915. The van der Waals surface area contributed by atoms with E-state index in [4.69, 9.17) is 4.42 Å². The highest BCUT2D eigenvalue weighted by molar-refractivity contribution is 7.21. The summed E-state index contributed by atoms with van der Waals surface area (Å²) in [4.78, 5) is 2.58. The molecule has 0 saturated heterocycles. The molecule has 0 amide bonds. The van der Waals surface area contributed by atoms with E-state index in [1.165, 1.54) is 65.0 Å². The van der Waals surface area contributed by atoms with Gasteiger partial charge in [-0.15, -0.1) is 11.3 Å². The molecular formula is C44H28OS. The lowest BCUT2D eigenvalue weighted by molar-refractivity contribution is 0.669. The molecule has 0 unspecified atom stereocenters. The van der Waals surface area contributed by atoms with E-state index >= 15 is 0 Å². The standard InChI is InChI=1S/C44H28OS/c1-3-13-29(14-4-1)33-17-7-8-19-35(33)43-36-20-9-10-21-37(36)44(46-43)38-25-23-31(27-39(38)30-15-5-2-6-16-30)32-24-26-42-40(28-32)34-18-11-12-22-41(34)45-42/h1-28H. The predicted molar refractivity (Wildman–Crippen MR) is 196 cm³/mol. The van der Waals surface area contributed by atoms with Crippen LogP contribution in [0.15, 0.2) is 174 Å². The normalized spacial score (nSPS) is 11.5. The van der Waals surface area contributed by atoms with Gasteiger partial charge < -0.3 is 4.42 Å². The zero-order valence-corrected chi connectivity index (χ0v) is 25.8. The molecule has 9 aromatic rings. The average Bonchev–Trinajstić information content (AvgIpc) is 3.71. The Labute approximate surface area is 271 Å². The molecule has 2 heteroatoms. The van der Waals surface area contributed by atoms with Crippen molar-refractivity contribution in [1.82, 2.24) is 0 Å². The van der Waals surface area contributed by atoms with E-state index in [0.29, 0.717) is 0 Å². The van der Waals surface area contributed by atoms with Crippen molar-refractivity contribution in [3.63, 3.8) is 0 Å². The van der Waals surface area contributed by atoms with Gasteiger partial charge in [-0.1, -0.05) is 146 Å². The fourth-order valence-electron chi connectivity index (χ4n) is 6.73. The number of rotatable bonds is 5. The third kappa shape index (κ3) is 4.46. The van der Waals surface area contributed by atoms with Gasteiger partial charge in [0.15, 0.2) is 0 Å². The van der Waals surface area contributed by atoms with Gasteiger partial charge in [-0.2, -0.15) is 0 Å². The van der Waals surface area contributed by atoms with Crippen LogP contribution >= 0.6 is 11.3 Å². The topological polar surface area (TPSA) is 13.1 Å². The summed E-state index contributed by atoms with van der Waals surface area (Å²) in [6.07, 6.45) is 0. The summed E-state index contributed by atoms with van der Waals surface area (Å²) in [7, 11) is 0. The summed E-state index contributed by atoms with van der Waals surface area (Å²) < 4.78 is 6.13. The number of thiophene rings is 1. The van der Waals surface area contributed by atoms with Gasteiger partial charge in [-0.25, -0.2) is 0 Å². The predicted octanol–water partition coefficient (Wildman–Crippen LogP) is 13.1. The summed E-state index contributed by atoms with van der Waals surface area (Å²) in [5.41, 5.74) is 11.6. The van der Waals surface area contributed by atoms with Crippen molar-refractivity contribution in [3.05, 3.63) is 170 Å². The van der Waals surface area contributed by atoms with Crippen molar-refractivity contribution >= 4 is 44.0 Å². The number of para-hydroxylation sites is 1. The summed E-state index contributed by atoms with van der Waals surface area (Å²) >= 11 is 1.89. The van der Waals surface area contributed by atoms with E-state index < -0.39 is 0 Å². The van der Waals surface area contributed by atoms with Crippen molar-refractivity contribution in [2.45, 2.75) is 0 Å². The van der Waals surface area contributed by atoms with Crippen molar-refractivity contribution in [2.75, 3.05) is 0 Å². The van der Waals surface area contributed by atoms with Crippen LogP contribution < -0.4 is 0 Å². The Hall–Kier alpha value is -5.70. The number of fused-ring (bicyclic) bond motifs is 4. The fraction of sp³-hybridized carbons (Fsp3) is 0. The molecule has 0 aliphatic carbocycles. The molecule has 0 aliphatic heterocycles. The summed E-state index contributed by atoms with van der Waals surface area (Å²) in [5.74, 6) is 0. The molecule has 9 rings (SSSR count). The maximum atomic E-state index is 6.13. The second-order valence-corrected chi connectivity index (χ2v) is 12.7. The van der Waals surface area contributed by atoms with Crippen LogP contribution in [-0.4, -0.2) is 0 Å². The molecule has 7 aromatic carbocycles. The van der Waals surface area contributed by atoms with E-state index in [1.54, 1.807) is 0 Å². The van der Waals surface area contributed by atoms with Crippen molar-refractivity contribution in [3.8, 4) is 54.3 Å². The van der Waals surface area contributed by atoms with E-state index in [9.17, 15) is 0 Å². The number of benzene rings is 7. The Morgan fingerprint density at radius 2 is 0.804 bits per heavy atom. The first-order valence-corrected chi connectivity index (χ1v) is 16.4. The zero-order valence-electron chi connectivity index (χ0n) is 25.0. The lowest BCUT2D eigenvalue weighted by atomic mass is 9.92. The molecule has 216 valence electrons. The minimum Gasteiger partial charge on any atom is -0.456 e. The molecule has 0 bridgehead atoms. The zero-order chi connectivity index (χ0) is 30.5. The largest absolute Gasteiger partial charge is 0.456 e. The maximum absolute atomic E-state index is 6.13. The van der Waals surface area contributed by atoms with Gasteiger partial charge >= 0.3 is 0 Å². The Morgan fingerprint density at radius 1 is 0.304 bits per heavy atom. The Balaban J connectivity index is 1.25. The van der Waals surface area contributed by atoms with Gasteiger partial charge in [-0.3, -0.25) is 0 Å². The summed E-state index contributed by atoms with van der Waals surface area (Å²) in [6.45, 7) is 0. The maximum Gasteiger partial charge on any atom is 0.135 e. The summed E-state index contributed by atoms with van der Waals surface area (Å²) in [5, 5.41) is 4.85. The highest BCUT2D eigenvalue weighted by Gasteiger charge is 2.20. The third-order valence-corrected chi connectivity index (χ3v) is 10.2. The molecule has 0 N–H and O–H groups in total. The van der Waals surface area contributed by atoms with Crippen molar-refractivity contribution in [1.29, 1.82) is 0 Å². The molecule has 46 heavy (non-hydrogen) atoms. The molecule has 0 spiro atoms. The van der Waals surface area contributed by atoms with Gasteiger partial charge in [0.05, 0.1) is 0 Å². The quantitative estimate of drug-likeness (QED) is 0.190. The highest BCUT2D eigenvalue weighted by Crippen LogP contribution is 2.49. The molecule has 2 heterocycles. The molecule has 0 saturated carbocycles. The molecule has 0 atom stereocenters. The van der Waals surface area contributed by atoms with Crippen LogP contribution in [0.25, 0.3) is 87.0 Å². The molecule has 0 radical (unpaired) electrons. The van der Waals surface area contributed by atoms with Crippen LogP contribution in [0.3, 0.4) is 0 Å². The van der Waals surface area contributed by atoms with Gasteiger partial charge in [-0.05, 0) is 57.6 Å². The number of furan rings is 1. The minimum atomic E-state index is 0.915. The molecule has 2 aromatic heterocycles. The first-order valence-electron chi connectivity index (χ1n) is 15.6.